The number of amides is 1. The minimum absolute atomic E-state index is 0.243. The highest BCUT2D eigenvalue weighted by Crippen LogP contribution is 2.11. The van der Waals surface area contributed by atoms with E-state index in [2.05, 4.69) is 10.4 Å². The Morgan fingerprint density at radius 1 is 1.60 bits per heavy atom. The van der Waals surface area contributed by atoms with E-state index in [0.717, 1.165) is 5.69 Å². The molecule has 15 heavy (non-hydrogen) atoms. The number of aryl methyl sites for hydroxylation is 2. The summed E-state index contributed by atoms with van der Waals surface area (Å²) in [6.45, 7) is 5.24. The Morgan fingerprint density at radius 3 is 2.60 bits per heavy atom. The summed E-state index contributed by atoms with van der Waals surface area (Å²) in [5.74, 6) is -0.243. The number of hydrogen-bond donors (Lipinski definition) is 1. The molecule has 0 aliphatic carbocycles. The summed E-state index contributed by atoms with van der Waals surface area (Å²) < 4.78 is 1.65. The normalized spacial score (nSPS) is 11.9. The van der Waals surface area contributed by atoms with Crippen molar-refractivity contribution in [2.75, 3.05) is 0 Å². The molecular formula is C10H14N4O. The molecule has 1 rings (SSSR count). The van der Waals surface area contributed by atoms with E-state index in [1.807, 2.05) is 13.0 Å². The number of nitrogens with one attached hydrogen (secondary N) is 1. The van der Waals surface area contributed by atoms with Crippen LogP contribution in [0.4, 0.5) is 0 Å². The van der Waals surface area contributed by atoms with Crippen molar-refractivity contribution < 1.29 is 4.79 Å². The molecule has 0 saturated heterocycles. The predicted molar refractivity (Wildman–Crippen MR) is 55.2 cm³/mol. The first-order chi connectivity index (χ1) is 6.97. The highest BCUT2D eigenvalue weighted by Gasteiger charge is 2.18. The second kappa shape index (κ2) is 4.13. The monoisotopic (exact) mass is 206 g/mol. The molecule has 0 unspecified atom stereocenters. The molecule has 0 spiro atoms. The lowest BCUT2D eigenvalue weighted by Gasteiger charge is -2.06. The van der Waals surface area contributed by atoms with Crippen LogP contribution in [0.1, 0.15) is 28.7 Å². The van der Waals surface area contributed by atoms with Gasteiger partial charge in [-0.25, -0.2) is 0 Å². The van der Waals surface area contributed by atoms with Crippen LogP contribution < -0.4 is 5.32 Å². The van der Waals surface area contributed by atoms with Crippen LogP contribution in [0.3, 0.4) is 0 Å². The molecule has 1 aromatic heterocycles. The smallest absolute Gasteiger partial charge is 0.256 e. The van der Waals surface area contributed by atoms with E-state index < -0.39 is 6.04 Å². The molecule has 80 valence electrons. The Morgan fingerprint density at radius 2 is 2.20 bits per heavy atom. The summed E-state index contributed by atoms with van der Waals surface area (Å²) in [4.78, 5) is 11.8. The minimum atomic E-state index is -0.489. The largest absolute Gasteiger partial charge is 0.336 e. The minimum Gasteiger partial charge on any atom is -0.336 e. The number of nitrogens with zero attached hydrogens (tertiary/aromatic N) is 3. The fourth-order valence-electron chi connectivity index (χ4n) is 1.40. The van der Waals surface area contributed by atoms with Crippen LogP contribution in [0.25, 0.3) is 0 Å². The first-order valence-electron chi connectivity index (χ1n) is 4.68. The van der Waals surface area contributed by atoms with Gasteiger partial charge in [0.05, 0.1) is 17.3 Å². The first-order valence-corrected chi connectivity index (χ1v) is 4.68. The predicted octanol–water partition coefficient (Wildman–Crippen LogP) is 0.679. The molecule has 0 aromatic carbocycles. The molecule has 1 amide bonds. The van der Waals surface area contributed by atoms with Crippen LogP contribution >= 0.6 is 0 Å². The molecule has 1 N–H and O–H groups in total. The maximum Gasteiger partial charge on any atom is 0.256 e. The Balaban J connectivity index is 2.97. The van der Waals surface area contributed by atoms with E-state index in [-0.39, 0.29) is 5.91 Å². The SMILES string of the molecule is Cc1nn(C)c(C)c1C(=O)N[C@H](C)C#N. The zero-order chi connectivity index (χ0) is 11.6. The quantitative estimate of drug-likeness (QED) is 0.773. The number of carbonyl (C=O) groups is 1. The second-order valence-electron chi connectivity index (χ2n) is 3.49. The average Bonchev–Trinajstić information content (AvgIpc) is 2.41. The van der Waals surface area contributed by atoms with E-state index in [4.69, 9.17) is 5.26 Å². The number of aromatic nitrogens is 2. The van der Waals surface area contributed by atoms with Crippen molar-refractivity contribution in [3.05, 3.63) is 17.0 Å². The number of rotatable bonds is 2. The molecular weight excluding hydrogens is 192 g/mol. The van der Waals surface area contributed by atoms with Crippen LogP contribution in [0.2, 0.25) is 0 Å². The Bertz CT molecular complexity index is 427. The third kappa shape index (κ3) is 2.15. The third-order valence-corrected chi connectivity index (χ3v) is 2.28. The van der Waals surface area contributed by atoms with Crippen molar-refractivity contribution in [3.63, 3.8) is 0 Å². The van der Waals surface area contributed by atoms with Gasteiger partial charge in [0.15, 0.2) is 0 Å². The maximum atomic E-state index is 11.8. The van der Waals surface area contributed by atoms with Gasteiger partial charge in [0.25, 0.3) is 5.91 Å². The molecule has 5 heteroatoms. The summed E-state index contributed by atoms with van der Waals surface area (Å²) in [7, 11) is 1.78. The van der Waals surface area contributed by atoms with Gasteiger partial charge in [-0.3, -0.25) is 9.48 Å². The summed E-state index contributed by atoms with van der Waals surface area (Å²) >= 11 is 0. The molecule has 0 saturated carbocycles. The van der Waals surface area contributed by atoms with Gasteiger partial charge in [-0.05, 0) is 20.8 Å². The average molecular weight is 206 g/mol. The van der Waals surface area contributed by atoms with E-state index in [0.29, 0.717) is 11.3 Å². The van der Waals surface area contributed by atoms with Crippen molar-refractivity contribution in [3.8, 4) is 6.07 Å². The van der Waals surface area contributed by atoms with Gasteiger partial charge in [0, 0.05) is 12.7 Å². The molecule has 0 bridgehead atoms. The van der Waals surface area contributed by atoms with Gasteiger partial charge in [-0.1, -0.05) is 0 Å². The van der Waals surface area contributed by atoms with Crippen molar-refractivity contribution in [1.82, 2.24) is 15.1 Å². The van der Waals surface area contributed by atoms with Gasteiger partial charge >= 0.3 is 0 Å². The second-order valence-corrected chi connectivity index (χ2v) is 3.49. The molecule has 1 atom stereocenters. The lowest BCUT2D eigenvalue weighted by molar-refractivity contribution is 0.0946. The maximum absolute atomic E-state index is 11.8. The van der Waals surface area contributed by atoms with Crippen molar-refractivity contribution in [1.29, 1.82) is 5.26 Å². The third-order valence-electron chi connectivity index (χ3n) is 2.28. The van der Waals surface area contributed by atoms with Crippen LogP contribution in [0.5, 0.6) is 0 Å². The van der Waals surface area contributed by atoms with E-state index >= 15 is 0 Å². The number of nitriles is 1. The van der Waals surface area contributed by atoms with Crippen LogP contribution in [0.15, 0.2) is 0 Å². The molecule has 0 aliphatic rings. The van der Waals surface area contributed by atoms with E-state index in [1.54, 1.807) is 25.6 Å². The summed E-state index contributed by atoms with van der Waals surface area (Å²) in [6.07, 6.45) is 0. The lowest BCUT2D eigenvalue weighted by atomic mass is 10.2. The first kappa shape index (κ1) is 11.2. The Kier molecular flexibility index (Phi) is 3.10. The van der Waals surface area contributed by atoms with E-state index in [1.165, 1.54) is 0 Å². The van der Waals surface area contributed by atoms with Crippen LogP contribution in [0, 0.1) is 25.2 Å². The molecule has 0 fully saturated rings. The fourth-order valence-corrected chi connectivity index (χ4v) is 1.40. The zero-order valence-electron chi connectivity index (χ0n) is 9.33. The topological polar surface area (TPSA) is 70.7 Å². The van der Waals surface area contributed by atoms with Crippen molar-refractivity contribution in [2.45, 2.75) is 26.8 Å². The van der Waals surface area contributed by atoms with Gasteiger partial charge in [0.1, 0.15) is 6.04 Å². The summed E-state index contributed by atoms with van der Waals surface area (Å²) in [5.41, 5.74) is 2.03. The Labute approximate surface area is 88.7 Å². The molecule has 0 radical (unpaired) electrons. The molecule has 1 heterocycles. The number of hydrogen-bond acceptors (Lipinski definition) is 3. The molecule has 5 nitrogen and oxygen atoms in total. The van der Waals surface area contributed by atoms with Gasteiger partial charge in [-0.15, -0.1) is 0 Å². The number of carbonyl (C=O) groups excluding carboxylic acids is 1. The van der Waals surface area contributed by atoms with Gasteiger partial charge in [-0.2, -0.15) is 10.4 Å². The highest BCUT2D eigenvalue weighted by molar-refractivity contribution is 5.96. The summed E-state index contributed by atoms with van der Waals surface area (Å²) in [5, 5.41) is 15.3. The molecule has 0 aliphatic heterocycles. The fraction of sp³-hybridized carbons (Fsp3) is 0.500. The van der Waals surface area contributed by atoms with Crippen LogP contribution in [-0.2, 0) is 7.05 Å². The van der Waals surface area contributed by atoms with E-state index in [9.17, 15) is 4.79 Å². The van der Waals surface area contributed by atoms with Gasteiger partial charge < -0.3 is 5.32 Å². The summed E-state index contributed by atoms with van der Waals surface area (Å²) in [6, 6.07) is 1.46. The molecule has 1 aromatic rings. The van der Waals surface area contributed by atoms with Gasteiger partial charge in [0.2, 0.25) is 0 Å². The standard InChI is InChI=1S/C10H14N4O/c1-6(5-11)12-10(15)9-7(2)13-14(4)8(9)3/h6H,1-4H3,(H,12,15)/t6-/m1/s1. The lowest BCUT2D eigenvalue weighted by Crippen LogP contribution is -2.32. The van der Waals surface area contributed by atoms with Crippen LogP contribution in [-0.4, -0.2) is 21.7 Å². The van der Waals surface area contributed by atoms with Crippen molar-refractivity contribution in [2.24, 2.45) is 7.05 Å². The Hall–Kier alpha value is -1.83. The zero-order valence-corrected chi connectivity index (χ0v) is 9.33. The van der Waals surface area contributed by atoms with Crippen molar-refractivity contribution >= 4 is 5.91 Å². The highest BCUT2D eigenvalue weighted by atomic mass is 16.1.